The molecular formula is C36H44F6O6. The molecule has 0 spiro atoms. The van der Waals surface area contributed by atoms with Crippen LogP contribution in [0.15, 0.2) is 60.7 Å². The van der Waals surface area contributed by atoms with Gasteiger partial charge >= 0.3 is 24.3 Å². The minimum Gasteiger partial charge on any atom is -0.459 e. The average molecular weight is 687 g/mol. The number of ether oxygens (including phenoxy) is 4. The first-order chi connectivity index (χ1) is 22.8. The summed E-state index contributed by atoms with van der Waals surface area (Å²) in [6, 6.07) is 12.1. The van der Waals surface area contributed by atoms with Gasteiger partial charge in [-0.25, -0.2) is 9.59 Å². The van der Waals surface area contributed by atoms with E-state index in [-0.39, 0.29) is 12.8 Å². The third kappa shape index (κ3) is 10.5. The lowest BCUT2D eigenvalue weighted by Gasteiger charge is -2.34. The van der Waals surface area contributed by atoms with Crippen molar-refractivity contribution in [1.82, 2.24) is 0 Å². The van der Waals surface area contributed by atoms with Gasteiger partial charge in [0.2, 0.25) is 0 Å². The molecule has 0 saturated heterocycles. The predicted octanol–water partition coefficient (Wildman–Crippen LogP) is 8.96. The highest BCUT2D eigenvalue weighted by molar-refractivity contribution is 5.84. The Labute approximate surface area is 278 Å². The lowest BCUT2D eigenvalue weighted by Crippen LogP contribution is -2.53. The van der Waals surface area contributed by atoms with Gasteiger partial charge in [-0.1, -0.05) is 99.7 Å². The maximum Gasteiger partial charge on any atom is 0.432 e. The molecule has 0 aromatic heterocycles. The molecule has 2 aromatic rings. The molecule has 2 aromatic carbocycles. The maximum absolute atomic E-state index is 14.5. The standard InChI is InChI=1S/C36H44F6O6/c1-4-5-6-7-8-9-10-11-12-13-14-21-26-30(48-32(44)34(46-3,36(40,41)42)29-24-19-16-20-25-29)27-47-31(43)33(45-2,35(37,38)39)28-22-17-15-18-23-28/h15-20,22-25,30H,4-10,13-14,21,26-27H2,1-3H3/t30-,33+,34+/m0/s1. The number of alkyl halides is 6. The summed E-state index contributed by atoms with van der Waals surface area (Å²) in [7, 11) is 1.37. The summed E-state index contributed by atoms with van der Waals surface area (Å²) in [5, 5.41) is 0. The lowest BCUT2D eigenvalue weighted by molar-refractivity contribution is -0.282. The van der Waals surface area contributed by atoms with E-state index in [0.29, 0.717) is 27.1 Å². The van der Waals surface area contributed by atoms with Gasteiger partial charge in [-0.2, -0.15) is 26.3 Å². The first-order valence-electron chi connectivity index (χ1n) is 16.0. The Morgan fingerprint density at radius 1 is 0.646 bits per heavy atom. The van der Waals surface area contributed by atoms with Crippen molar-refractivity contribution in [2.75, 3.05) is 20.8 Å². The minimum absolute atomic E-state index is 0.137. The van der Waals surface area contributed by atoms with Gasteiger partial charge in [0.05, 0.1) is 0 Å². The van der Waals surface area contributed by atoms with Crippen molar-refractivity contribution in [3.05, 3.63) is 71.8 Å². The maximum atomic E-state index is 14.5. The van der Waals surface area contributed by atoms with Crippen LogP contribution in [0.1, 0.15) is 88.7 Å². The lowest BCUT2D eigenvalue weighted by atomic mass is 9.92. The Balaban J connectivity index is 2.24. The first-order valence-corrected chi connectivity index (χ1v) is 16.0. The van der Waals surface area contributed by atoms with Crippen LogP contribution >= 0.6 is 0 Å². The van der Waals surface area contributed by atoms with Crippen molar-refractivity contribution >= 4 is 11.9 Å². The summed E-state index contributed by atoms with van der Waals surface area (Å²) in [5.74, 6) is 2.39. The number of hydrogen-bond acceptors (Lipinski definition) is 6. The van der Waals surface area contributed by atoms with Gasteiger partial charge in [-0.05, 0) is 25.7 Å². The van der Waals surface area contributed by atoms with Crippen molar-refractivity contribution in [3.63, 3.8) is 0 Å². The van der Waals surface area contributed by atoms with E-state index in [1.54, 1.807) is 0 Å². The van der Waals surface area contributed by atoms with Crippen LogP contribution < -0.4 is 0 Å². The summed E-state index contributed by atoms with van der Waals surface area (Å²) in [6.45, 7) is 1.17. The molecule has 0 N–H and O–H groups in total. The van der Waals surface area contributed by atoms with Crippen LogP contribution in [-0.2, 0) is 39.7 Å². The number of esters is 2. The molecule has 12 heteroatoms. The van der Waals surface area contributed by atoms with Crippen molar-refractivity contribution in [1.29, 1.82) is 0 Å². The molecule has 0 aliphatic heterocycles. The second-order valence-corrected chi connectivity index (χ2v) is 11.2. The second-order valence-electron chi connectivity index (χ2n) is 11.2. The van der Waals surface area contributed by atoms with Gasteiger partial charge in [0, 0.05) is 38.2 Å². The topological polar surface area (TPSA) is 71.1 Å². The molecular weight excluding hydrogens is 642 g/mol. The van der Waals surface area contributed by atoms with Crippen LogP contribution in [0, 0.1) is 11.8 Å². The van der Waals surface area contributed by atoms with E-state index in [2.05, 4.69) is 18.8 Å². The van der Waals surface area contributed by atoms with Crippen LogP contribution in [0.5, 0.6) is 0 Å². The number of rotatable bonds is 19. The Kier molecular flexibility index (Phi) is 16.4. The van der Waals surface area contributed by atoms with Gasteiger partial charge in [0.15, 0.2) is 0 Å². The van der Waals surface area contributed by atoms with Crippen LogP contribution in [0.2, 0.25) is 0 Å². The first kappa shape index (κ1) is 40.6. The summed E-state index contributed by atoms with van der Waals surface area (Å²) in [4.78, 5) is 26.4. The Morgan fingerprint density at radius 3 is 1.54 bits per heavy atom. The SMILES string of the molecule is CCCCCCCCC#CCCCC[C@@H](COC(=O)[C@](OC)(c1ccccc1)C(F)(F)F)OC(=O)[C@](OC)(c1ccccc1)C(F)(F)F. The third-order valence-electron chi connectivity index (χ3n) is 7.88. The number of methoxy groups -OCH3 is 2. The zero-order valence-corrected chi connectivity index (χ0v) is 27.6. The predicted molar refractivity (Wildman–Crippen MR) is 167 cm³/mol. The van der Waals surface area contributed by atoms with Crippen molar-refractivity contribution in [2.45, 2.75) is 107 Å². The zero-order chi connectivity index (χ0) is 35.7. The fraction of sp³-hybridized carbons (Fsp3) is 0.556. The average Bonchev–Trinajstić information content (AvgIpc) is 3.05. The highest BCUT2D eigenvalue weighted by atomic mass is 19.4. The Morgan fingerprint density at radius 2 is 1.08 bits per heavy atom. The molecule has 0 saturated carbocycles. The normalized spacial score (nSPS) is 14.9. The van der Waals surface area contributed by atoms with Crippen molar-refractivity contribution in [3.8, 4) is 11.8 Å². The van der Waals surface area contributed by atoms with Crippen LogP contribution in [0.4, 0.5) is 26.3 Å². The fourth-order valence-corrected chi connectivity index (χ4v) is 5.21. The molecule has 266 valence electrons. The Hall–Kier alpha value is -3.56. The van der Waals surface area contributed by atoms with Crippen molar-refractivity contribution in [2.24, 2.45) is 0 Å². The highest BCUT2D eigenvalue weighted by Crippen LogP contribution is 2.44. The van der Waals surface area contributed by atoms with E-state index in [1.807, 2.05) is 0 Å². The molecule has 48 heavy (non-hydrogen) atoms. The summed E-state index contributed by atoms with van der Waals surface area (Å²) >= 11 is 0. The van der Waals surface area contributed by atoms with Crippen LogP contribution in [0.25, 0.3) is 0 Å². The smallest absolute Gasteiger partial charge is 0.432 e. The molecule has 0 radical (unpaired) electrons. The number of unbranched alkanes of at least 4 members (excludes halogenated alkanes) is 8. The van der Waals surface area contributed by atoms with E-state index in [9.17, 15) is 35.9 Å². The molecule has 0 heterocycles. The van der Waals surface area contributed by atoms with E-state index >= 15 is 0 Å². The molecule has 0 amide bonds. The summed E-state index contributed by atoms with van der Waals surface area (Å²) in [5.41, 5.74) is -8.23. The van der Waals surface area contributed by atoms with Crippen molar-refractivity contribution < 1.29 is 54.9 Å². The molecule has 0 aliphatic rings. The fourth-order valence-electron chi connectivity index (χ4n) is 5.21. The number of carbonyl (C=O) groups excluding carboxylic acids is 2. The zero-order valence-electron chi connectivity index (χ0n) is 27.6. The highest BCUT2D eigenvalue weighted by Gasteiger charge is 2.65. The van der Waals surface area contributed by atoms with Crippen LogP contribution in [0.3, 0.4) is 0 Å². The molecule has 0 aliphatic carbocycles. The molecule has 3 atom stereocenters. The van der Waals surface area contributed by atoms with Gasteiger partial charge in [-0.15, -0.1) is 11.8 Å². The quantitative estimate of drug-likeness (QED) is 0.0636. The molecule has 2 rings (SSSR count). The summed E-state index contributed by atoms with van der Waals surface area (Å²) < 4.78 is 106. The number of benzene rings is 2. The monoisotopic (exact) mass is 686 g/mol. The van der Waals surface area contributed by atoms with Gasteiger partial charge in [0.1, 0.15) is 12.7 Å². The largest absolute Gasteiger partial charge is 0.459 e. The molecule has 0 fully saturated rings. The van der Waals surface area contributed by atoms with E-state index in [4.69, 9.17) is 18.9 Å². The summed E-state index contributed by atoms with van der Waals surface area (Å²) in [6.07, 6.45) is -3.59. The second kappa shape index (κ2) is 19.4. The van der Waals surface area contributed by atoms with Gasteiger partial charge in [-0.3, -0.25) is 0 Å². The van der Waals surface area contributed by atoms with Gasteiger partial charge in [0.25, 0.3) is 11.2 Å². The van der Waals surface area contributed by atoms with Crippen LogP contribution in [-0.4, -0.2) is 51.2 Å². The number of hydrogen-bond donors (Lipinski definition) is 0. The van der Waals surface area contributed by atoms with E-state index in [0.717, 1.165) is 49.9 Å². The molecule has 6 nitrogen and oxygen atoms in total. The Bertz CT molecular complexity index is 1310. The molecule has 0 unspecified atom stereocenters. The molecule has 0 bridgehead atoms. The van der Waals surface area contributed by atoms with E-state index < -0.39 is 59.3 Å². The third-order valence-corrected chi connectivity index (χ3v) is 7.88. The number of halogens is 6. The number of carbonyl (C=O) groups is 2. The van der Waals surface area contributed by atoms with E-state index in [1.165, 1.54) is 55.7 Å². The minimum atomic E-state index is -5.29. The van der Waals surface area contributed by atoms with Gasteiger partial charge < -0.3 is 18.9 Å².